The summed E-state index contributed by atoms with van der Waals surface area (Å²) in [5.41, 5.74) is 3.98. The van der Waals surface area contributed by atoms with Crippen molar-refractivity contribution in [1.82, 2.24) is 15.2 Å². The molecule has 3 amide bonds. The van der Waals surface area contributed by atoms with E-state index in [2.05, 4.69) is 22.2 Å². The number of thiophene rings is 1. The van der Waals surface area contributed by atoms with Crippen LogP contribution in [0, 0.1) is 6.92 Å². The summed E-state index contributed by atoms with van der Waals surface area (Å²) in [4.78, 5) is 44.1. The number of aryl methyl sites for hydroxylation is 1. The molecule has 2 N–H and O–H groups in total. The smallest absolute Gasteiger partial charge is 0.319 e. The minimum absolute atomic E-state index is 0.0641. The highest BCUT2D eigenvalue weighted by Crippen LogP contribution is 2.35. The Morgan fingerprint density at radius 1 is 1.38 bits per heavy atom. The zero-order valence-corrected chi connectivity index (χ0v) is 17.0. The number of anilines is 1. The number of rotatable bonds is 4. The van der Waals surface area contributed by atoms with E-state index in [0.29, 0.717) is 37.2 Å². The molecule has 1 aliphatic carbocycles. The van der Waals surface area contributed by atoms with Crippen molar-refractivity contribution in [2.75, 3.05) is 5.32 Å². The van der Waals surface area contributed by atoms with E-state index >= 15 is 0 Å². The van der Waals surface area contributed by atoms with Crippen molar-refractivity contribution in [2.24, 2.45) is 0 Å². The number of hydrogen-bond acceptors (Lipinski definition) is 5. The fraction of sp³-hybridized carbons (Fsp3) is 0.333. The Balaban J connectivity index is 1.39. The number of ketones is 1. The number of allylic oxidation sites excluding steroid dienone is 1. The van der Waals surface area contributed by atoms with Gasteiger partial charge in [0, 0.05) is 28.9 Å². The number of hydrogen-bond donors (Lipinski definition) is 2. The van der Waals surface area contributed by atoms with E-state index in [0.717, 1.165) is 28.1 Å². The Morgan fingerprint density at radius 2 is 2.21 bits per heavy atom. The molecule has 0 aromatic carbocycles. The van der Waals surface area contributed by atoms with Crippen molar-refractivity contribution >= 4 is 34.7 Å². The summed E-state index contributed by atoms with van der Waals surface area (Å²) < 4.78 is 0. The number of aromatic nitrogens is 1. The summed E-state index contributed by atoms with van der Waals surface area (Å²) in [5.74, 6) is -0.0299. The van der Waals surface area contributed by atoms with Crippen LogP contribution in [0.1, 0.15) is 45.8 Å². The van der Waals surface area contributed by atoms with Gasteiger partial charge in [-0.05, 0) is 37.5 Å². The first-order chi connectivity index (χ1) is 13.9. The molecule has 1 saturated carbocycles. The quantitative estimate of drug-likeness (QED) is 0.756. The summed E-state index contributed by atoms with van der Waals surface area (Å²) in [5, 5.41) is 7.39. The van der Waals surface area contributed by atoms with E-state index in [1.807, 2.05) is 18.4 Å². The number of nitrogens with zero attached hydrogens (tertiary/aromatic N) is 2. The van der Waals surface area contributed by atoms with Gasteiger partial charge in [0.05, 0.1) is 30.0 Å². The Morgan fingerprint density at radius 3 is 2.93 bits per heavy atom. The van der Waals surface area contributed by atoms with Crippen molar-refractivity contribution in [2.45, 2.75) is 45.3 Å². The molecule has 3 heterocycles. The van der Waals surface area contributed by atoms with Gasteiger partial charge >= 0.3 is 6.03 Å². The highest BCUT2D eigenvalue weighted by molar-refractivity contribution is 7.10. The van der Waals surface area contributed by atoms with Crippen LogP contribution in [-0.4, -0.2) is 33.6 Å². The minimum atomic E-state index is -0.372. The van der Waals surface area contributed by atoms with Gasteiger partial charge in [-0.1, -0.05) is 12.2 Å². The number of carbonyl (C=O) groups is 3. The van der Waals surface area contributed by atoms with Crippen LogP contribution in [0.25, 0.3) is 0 Å². The van der Waals surface area contributed by atoms with Crippen molar-refractivity contribution in [3.05, 3.63) is 57.6 Å². The topological polar surface area (TPSA) is 91.4 Å². The average Bonchev–Trinajstić information content (AvgIpc) is 3.22. The van der Waals surface area contributed by atoms with Crippen LogP contribution in [0.3, 0.4) is 0 Å². The van der Waals surface area contributed by atoms with E-state index in [-0.39, 0.29) is 23.8 Å². The number of fused-ring (bicyclic) bond motifs is 1. The second-order valence-electron chi connectivity index (χ2n) is 7.43. The van der Waals surface area contributed by atoms with Gasteiger partial charge < -0.3 is 15.5 Å². The van der Waals surface area contributed by atoms with Crippen molar-refractivity contribution in [3.63, 3.8) is 0 Å². The third kappa shape index (κ3) is 3.93. The lowest BCUT2D eigenvalue weighted by molar-refractivity contribution is -0.124. The minimum Gasteiger partial charge on any atom is -0.333 e. The second kappa shape index (κ2) is 7.79. The number of pyridine rings is 1. The van der Waals surface area contributed by atoms with Gasteiger partial charge in [0.15, 0.2) is 5.78 Å². The summed E-state index contributed by atoms with van der Waals surface area (Å²) in [6.45, 7) is 6.51. The molecular weight excluding hydrogens is 388 g/mol. The maximum atomic E-state index is 12.8. The van der Waals surface area contributed by atoms with Gasteiger partial charge in [-0.25, -0.2) is 4.79 Å². The number of urea groups is 1. The molecule has 0 saturated heterocycles. The predicted octanol–water partition coefficient (Wildman–Crippen LogP) is 3.41. The average molecular weight is 410 g/mol. The van der Waals surface area contributed by atoms with Gasteiger partial charge in [0.25, 0.3) is 5.91 Å². The first-order valence-electron chi connectivity index (χ1n) is 9.49. The van der Waals surface area contributed by atoms with Crippen LogP contribution in [0.2, 0.25) is 0 Å². The Kier molecular flexibility index (Phi) is 5.19. The first-order valence-corrected chi connectivity index (χ1v) is 10.4. The molecule has 0 spiro atoms. The zero-order chi connectivity index (χ0) is 20.5. The fourth-order valence-electron chi connectivity index (χ4n) is 3.73. The molecule has 1 atom stereocenters. The van der Waals surface area contributed by atoms with Gasteiger partial charge in [0.2, 0.25) is 0 Å². The number of carbonyl (C=O) groups excluding carboxylic acids is 3. The van der Waals surface area contributed by atoms with Crippen molar-refractivity contribution in [3.8, 4) is 0 Å². The molecule has 0 bridgehead atoms. The van der Waals surface area contributed by atoms with Crippen molar-refractivity contribution in [1.29, 1.82) is 0 Å². The second-order valence-corrected chi connectivity index (χ2v) is 8.39. The normalized spacial score (nSPS) is 18.7. The molecular formula is C21H22N4O3S. The Hall–Kier alpha value is -3.00. The molecule has 1 unspecified atom stereocenters. The van der Waals surface area contributed by atoms with Crippen LogP contribution in [0.5, 0.6) is 0 Å². The number of Topliss-reactive ketones (excluding diaryl/α,β-unsaturated/α-hetero) is 1. The van der Waals surface area contributed by atoms with Crippen LogP contribution in [0.4, 0.5) is 10.5 Å². The molecule has 1 fully saturated rings. The molecule has 0 radical (unpaired) electrons. The lowest BCUT2D eigenvalue weighted by atomic mass is 9.89. The van der Waals surface area contributed by atoms with Crippen LogP contribution in [-0.2, 0) is 17.9 Å². The number of amides is 3. The first kappa shape index (κ1) is 19.3. The van der Waals surface area contributed by atoms with Gasteiger partial charge in [-0.3, -0.25) is 14.6 Å². The van der Waals surface area contributed by atoms with E-state index < -0.39 is 0 Å². The van der Waals surface area contributed by atoms with Gasteiger partial charge in [0.1, 0.15) is 0 Å². The summed E-state index contributed by atoms with van der Waals surface area (Å²) in [7, 11) is 0. The molecule has 150 valence electrons. The molecule has 29 heavy (non-hydrogen) atoms. The monoisotopic (exact) mass is 410 g/mol. The largest absolute Gasteiger partial charge is 0.333 e. The predicted molar refractivity (Wildman–Crippen MR) is 111 cm³/mol. The molecule has 2 aliphatic rings. The summed E-state index contributed by atoms with van der Waals surface area (Å²) in [6, 6.07) is 2.91. The van der Waals surface area contributed by atoms with Crippen LogP contribution in [0.15, 0.2) is 35.9 Å². The van der Waals surface area contributed by atoms with E-state index in [1.54, 1.807) is 17.2 Å². The SMILES string of the molecule is C=C1CCC(N2Cc3c(csc3CNC(=O)Nc3ccc(C)nc3)C2=O)C(=O)C1. The van der Waals surface area contributed by atoms with E-state index in [1.165, 1.54) is 11.3 Å². The van der Waals surface area contributed by atoms with Gasteiger partial charge in [-0.15, -0.1) is 11.3 Å². The lowest BCUT2D eigenvalue weighted by Gasteiger charge is -2.30. The third-order valence-electron chi connectivity index (χ3n) is 5.32. The molecule has 7 nitrogen and oxygen atoms in total. The van der Waals surface area contributed by atoms with Crippen LogP contribution >= 0.6 is 11.3 Å². The third-order valence-corrected chi connectivity index (χ3v) is 6.35. The number of nitrogens with one attached hydrogen (secondary N) is 2. The van der Waals surface area contributed by atoms with Crippen molar-refractivity contribution < 1.29 is 14.4 Å². The summed E-state index contributed by atoms with van der Waals surface area (Å²) >= 11 is 1.45. The lowest BCUT2D eigenvalue weighted by Crippen LogP contribution is -2.43. The maximum absolute atomic E-state index is 12.8. The summed E-state index contributed by atoms with van der Waals surface area (Å²) in [6.07, 6.45) is 3.36. The molecule has 1 aliphatic heterocycles. The molecule has 2 aromatic rings. The highest BCUT2D eigenvalue weighted by atomic mass is 32.1. The molecule has 2 aromatic heterocycles. The zero-order valence-electron chi connectivity index (χ0n) is 16.2. The Bertz CT molecular complexity index is 996. The Labute approximate surface area is 172 Å². The molecule has 4 rings (SSSR count). The van der Waals surface area contributed by atoms with Crippen LogP contribution < -0.4 is 10.6 Å². The molecule has 8 heteroatoms. The van der Waals surface area contributed by atoms with E-state index in [4.69, 9.17) is 0 Å². The maximum Gasteiger partial charge on any atom is 0.319 e. The highest BCUT2D eigenvalue weighted by Gasteiger charge is 2.39. The standard InChI is InChI=1S/C21H22N4O3S/c1-12-3-6-17(18(26)7-12)25-10-15-16(20(25)27)11-29-19(15)9-23-21(28)24-14-5-4-13(2)22-8-14/h4-5,8,11,17H,1,3,6-7,9-10H2,2H3,(H2,23,24,28). The fourth-order valence-corrected chi connectivity index (χ4v) is 4.71. The van der Waals surface area contributed by atoms with Gasteiger partial charge in [-0.2, -0.15) is 0 Å². The van der Waals surface area contributed by atoms with E-state index in [9.17, 15) is 14.4 Å².